The van der Waals surface area contributed by atoms with Gasteiger partial charge in [-0.15, -0.1) is 0 Å². The largest absolute Gasteiger partial charge is 0.497 e. The highest BCUT2D eigenvalue weighted by Crippen LogP contribution is 2.28. The highest BCUT2D eigenvalue weighted by atomic mass is 32.1. The van der Waals surface area contributed by atoms with E-state index in [1.807, 2.05) is 12.1 Å². The Bertz CT molecular complexity index is 894. The van der Waals surface area contributed by atoms with Gasteiger partial charge in [0.05, 0.1) is 12.5 Å². The number of nitrogens with zero attached hydrogens (tertiary/aromatic N) is 2. The van der Waals surface area contributed by atoms with Crippen LogP contribution in [-0.4, -0.2) is 25.1 Å². The van der Waals surface area contributed by atoms with Crippen molar-refractivity contribution in [2.75, 3.05) is 20.2 Å². The predicted octanol–water partition coefficient (Wildman–Crippen LogP) is 5.09. The van der Waals surface area contributed by atoms with Gasteiger partial charge in [0, 0.05) is 18.7 Å². The first kappa shape index (κ1) is 19.2. The molecule has 27 heavy (non-hydrogen) atoms. The lowest BCUT2D eigenvalue weighted by molar-refractivity contribution is -0.658. The van der Waals surface area contributed by atoms with Crippen LogP contribution < -0.4 is 9.30 Å². The minimum absolute atomic E-state index is 0.879. The maximum atomic E-state index is 5.29. The second-order valence-corrected chi connectivity index (χ2v) is 7.18. The van der Waals surface area contributed by atoms with Crippen LogP contribution in [0.2, 0.25) is 0 Å². The standard InChI is InChI=1S/C23H27N2OS/c1-5-25(6-2)21(16-18-10-8-7-9-11-18)23-24(3)22(17-27-23)19-12-14-20(26-4)15-13-19/h7-17H,5-6H2,1-4H3/q+1. The van der Waals surface area contributed by atoms with Crippen molar-refractivity contribution in [1.82, 2.24) is 4.90 Å². The molecule has 0 saturated carbocycles. The SMILES string of the molecule is CCN(CC)C(=Cc1ccccc1)c1scc(-c2ccc(OC)cc2)[n+]1C. The summed E-state index contributed by atoms with van der Waals surface area (Å²) < 4.78 is 7.58. The molecule has 0 atom stereocenters. The Morgan fingerprint density at radius 1 is 1.04 bits per heavy atom. The highest BCUT2D eigenvalue weighted by molar-refractivity contribution is 7.10. The minimum Gasteiger partial charge on any atom is -0.497 e. The topological polar surface area (TPSA) is 16.4 Å². The third-order valence-electron chi connectivity index (χ3n) is 4.76. The van der Waals surface area contributed by atoms with Crippen molar-refractivity contribution in [3.8, 4) is 17.0 Å². The molecule has 2 aromatic carbocycles. The second-order valence-electron chi connectivity index (χ2n) is 6.33. The maximum absolute atomic E-state index is 5.29. The molecule has 0 aliphatic rings. The van der Waals surface area contributed by atoms with E-state index in [9.17, 15) is 0 Å². The lowest BCUT2D eigenvalue weighted by atomic mass is 10.1. The van der Waals surface area contributed by atoms with Crippen molar-refractivity contribution in [2.24, 2.45) is 7.05 Å². The molecule has 4 heteroatoms. The third kappa shape index (κ3) is 4.22. The fourth-order valence-corrected chi connectivity index (χ4v) is 4.28. The van der Waals surface area contributed by atoms with Gasteiger partial charge in [0.25, 0.3) is 5.01 Å². The monoisotopic (exact) mass is 379 g/mol. The molecule has 140 valence electrons. The lowest BCUT2D eigenvalue weighted by Crippen LogP contribution is -2.35. The molecule has 0 radical (unpaired) electrons. The number of rotatable bonds is 7. The Balaban J connectivity index is 2.05. The van der Waals surface area contributed by atoms with Crippen molar-refractivity contribution in [1.29, 1.82) is 0 Å². The number of methoxy groups -OCH3 is 1. The van der Waals surface area contributed by atoms with Crippen LogP contribution in [0.4, 0.5) is 0 Å². The molecule has 0 spiro atoms. The van der Waals surface area contributed by atoms with Gasteiger partial charge >= 0.3 is 0 Å². The molecule has 0 bridgehead atoms. The van der Waals surface area contributed by atoms with Crippen LogP contribution in [0, 0.1) is 0 Å². The summed E-state index contributed by atoms with van der Waals surface area (Å²) >= 11 is 1.79. The number of thiazole rings is 1. The number of hydrogen-bond donors (Lipinski definition) is 0. The van der Waals surface area contributed by atoms with E-state index in [1.165, 1.54) is 27.5 Å². The van der Waals surface area contributed by atoms with Gasteiger partial charge in [0.2, 0.25) is 5.69 Å². The van der Waals surface area contributed by atoms with Crippen molar-refractivity contribution < 1.29 is 9.30 Å². The molecule has 0 aliphatic carbocycles. The molecule has 1 aromatic heterocycles. The lowest BCUT2D eigenvalue weighted by Gasteiger charge is -2.21. The Morgan fingerprint density at radius 2 is 1.70 bits per heavy atom. The first-order chi connectivity index (χ1) is 13.2. The van der Waals surface area contributed by atoms with E-state index in [4.69, 9.17) is 4.74 Å². The summed E-state index contributed by atoms with van der Waals surface area (Å²) in [5.41, 5.74) is 4.89. The number of aromatic nitrogens is 1. The van der Waals surface area contributed by atoms with Crippen molar-refractivity contribution in [2.45, 2.75) is 13.8 Å². The molecule has 0 unspecified atom stereocenters. The number of hydrogen-bond acceptors (Lipinski definition) is 3. The summed E-state index contributed by atoms with van der Waals surface area (Å²) in [5.74, 6) is 0.879. The molecule has 3 rings (SSSR count). The van der Waals surface area contributed by atoms with Crippen LogP contribution in [0.3, 0.4) is 0 Å². The van der Waals surface area contributed by atoms with E-state index in [2.05, 4.69) is 84.3 Å². The van der Waals surface area contributed by atoms with Gasteiger partial charge in [-0.05, 0) is 49.8 Å². The highest BCUT2D eigenvalue weighted by Gasteiger charge is 2.24. The van der Waals surface area contributed by atoms with Crippen LogP contribution in [0.25, 0.3) is 23.0 Å². The van der Waals surface area contributed by atoms with Crippen LogP contribution in [0.15, 0.2) is 60.0 Å². The van der Waals surface area contributed by atoms with Gasteiger partial charge in [0.15, 0.2) is 0 Å². The summed E-state index contributed by atoms with van der Waals surface area (Å²) in [5, 5.41) is 3.49. The molecule has 3 nitrogen and oxygen atoms in total. The zero-order valence-electron chi connectivity index (χ0n) is 16.5. The van der Waals surface area contributed by atoms with Crippen LogP contribution in [0.1, 0.15) is 24.4 Å². The Labute approximate surface area is 166 Å². The fraction of sp³-hybridized carbons (Fsp3) is 0.261. The smallest absolute Gasteiger partial charge is 0.285 e. The van der Waals surface area contributed by atoms with Crippen LogP contribution >= 0.6 is 11.3 Å². The Hall–Kier alpha value is -2.59. The summed E-state index contributed by atoms with van der Waals surface area (Å²) in [4.78, 5) is 2.41. The van der Waals surface area contributed by atoms with Gasteiger partial charge < -0.3 is 9.64 Å². The quantitative estimate of drug-likeness (QED) is 0.532. The first-order valence-corrected chi connectivity index (χ1v) is 10.2. The van der Waals surface area contributed by atoms with Gasteiger partial charge in [0.1, 0.15) is 18.5 Å². The number of ether oxygens (including phenoxy) is 1. The van der Waals surface area contributed by atoms with Crippen molar-refractivity contribution in [3.63, 3.8) is 0 Å². The maximum Gasteiger partial charge on any atom is 0.285 e. The molecule has 0 aliphatic heterocycles. The predicted molar refractivity (Wildman–Crippen MR) is 115 cm³/mol. The molecule has 0 fully saturated rings. The zero-order valence-corrected chi connectivity index (χ0v) is 17.3. The second kappa shape index (κ2) is 8.87. The Kier molecular flexibility index (Phi) is 6.30. The van der Waals surface area contributed by atoms with Crippen molar-refractivity contribution in [3.05, 3.63) is 70.5 Å². The normalized spacial score (nSPS) is 11.5. The van der Waals surface area contributed by atoms with E-state index in [-0.39, 0.29) is 0 Å². The molecule has 0 N–H and O–H groups in total. The van der Waals surface area contributed by atoms with Gasteiger partial charge in [-0.3, -0.25) is 0 Å². The average Bonchev–Trinajstić information content (AvgIpc) is 3.10. The molecule has 0 amide bonds. The molecule has 1 heterocycles. The van der Waals surface area contributed by atoms with Gasteiger partial charge in [-0.1, -0.05) is 41.7 Å². The molecular weight excluding hydrogens is 352 g/mol. The van der Waals surface area contributed by atoms with Crippen LogP contribution in [0.5, 0.6) is 5.75 Å². The third-order valence-corrected chi connectivity index (χ3v) is 5.81. The van der Waals surface area contributed by atoms with Crippen molar-refractivity contribution >= 4 is 23.1 Å². The molecule has 0 saturated heterocycles. The van der Waals surface area contributed by atoms with Gasteiger partial charge in [-0.2, -0.15) is 4.57 Å². The molecular formula is C23H27N2OS+. The van der Waals surface area contributed by atoms with Crippen LogP contribution in [-0.2, 0) is 7.05 Å². The van der Waals surface area contributed by atoms with Gasteiger partial charge in [-0.25, -0.2) is 0 Å². The van der Waals surface area contributed by atoms with E-state index >= 15 is 0 Å². The van der Waals surface area contributed by atoms with E-state index in [1.54, 1.807) is 18.4 Å². The number of benzene rings is 2. The Morgan fingerprint density at radius 3 is 2.30 bits per heavy atom. The van der Waals surface area contributed by atoms with E-state index in [0.29, 0.717) is 0 Å². The minimum atomic E-state index is 0.879. The van der Waals surface area contributed by atoms with E-state index < -0.39 is 0 Å². The zero-order chi connectivity index (χ0) is 19.2. The summed E-state index contributed by atoms with van der Waals surface area (Å²) in [6.07, 6.45) is 2.29. The molecule has 3 aromatic rings. The first-order valence-electron chi connectivity index (χ1n) is 9.31. The van der Waals surface area contributed by atoms with E-state index in [0.717, 1.165) is 18.8 Å². The summed E-state index contributed by atoms with van der Waals surface area (Å²) in [6.45, 7) is 6.37. The summed E-state index contributed by atoms with van der Waals surface area (Å²) in [7, 11) is 3.84. The summed E-state index contributed by atoms with van der Waals surface area (Å²) in [6, 6.07) is 18.8. The average molecular weight is 380 g/mol. The fourth-order valence-electron chi connectivity index (χ4n) is 3.19.